The number of carbonyl (C=O) groups excluding carboxylic acids is 2. The number of rotatable bonds is 9. The van der Waals surface area contributed by atoms with E-state index in [4.69, 9.17) is 18.9 Å². The Morgan fingerprint density at radius 1 is 0.769 bits per heavy atom. The first-order chi connectivity index (χ1) is 12.6. The lowest BCUT2D eigenvalue weighted by molar-refractivity contribution is -0.135. The molecule has 138 valence electrons. The first-order valence-electron chi connectivity index (χ1n) is 7.79. The number of methoxy groups -OCH3 is 3. The number of hydrogen-bond acceptors (Lipinski definition) is 7. The molecule has 26 heavy (non-hydrogen) atoms. The van der Waals surface area contributed by atoms with Crippen molar-refractivity contribution in [2.75, 3.05) is 34.5 Å². The van der Waals surface area contributed by atoms with Gasteiger partial charge >= 0.3 is 5.97 Å². The van der Waals surface area contributed by atoms with Crippen molar-refractivity contribution in [2.45, 2.75) is 0 Å². The molecule has 7 nitrogen and oxygen atoms in total. The molecule has 2 rings (SSSR count). The third-order valence-corrected chi connectivity index (χ3v) is 3.46. The van der Waals surface area contributed by atoms with E-state index in [1.807, 2.05) is 0 Å². The molecular weight excluding hydrogens is 340 g/mol. The van der Waals surface area contributed by atoms with Gasteiger partial charge in [0.1, 0.15) is 24.7 Å². The zero-order valence-electron chi connectivity index (χ0n) is 14.8. The van der Waals surface area contributed by atoms with E-state index in [0.29, 0.717) is 36.2 Å². The summed E-state index contributed by atoms with van der Waals surface area (Å²) in [5, 5.41) is 0. The van der Waals surface area contributed by atoms with Gasteiger partial charge in [0.2, 0.25) is 0 Å². The summed E-state index contributed by atoms with van der Waals surface area (Å²) in [6.07, 6.45) is 0. The molecule has 0 bridgehead atoms. The number of Topliss-reactive ketones (excluding diaryl/α,β-unsaturated/α-hetero) is 1. The van der Waals surface area contributed by atoms with Crippen LogP contribution >= 0.6 is 0 Å². The maximum absolute atomic E-state index is 11.6. The molecule has 0 saturated carbocycles. The van der Waals surface area contributed by atoms with Gasteiger partial charge in [-0.3, -0.25) is 4.79 Å². The summed E-state index contributed by atoms with van der Waals surface area (Å²) >= 11 is 0. The highest BCUT2D eigenvalue weighted by Gasteiger charge is 2.16. The van der Waals surface area contributed by atoms with Crippen LogP contribution < -0.4 is 18.9 Å². The van der Waals surface area contributed by atoms with Gasteiger partial charge in [0.25, 0.3) is 5.78 Å². The summed E-state index contributed by atoms with van der Waals surface area (Å²) in [6, 6.07) is 11.5. The van der Waals surface area contributed by atoms with Gasteiger partial charge in [-0.1, -0.05) is 0 Å². The summed E-state index contributed by atoms with van der Waals surface area (Å²) in [7, 11) is 4.28. The first kappa shape index (κ1) is 19.1. The Balaban J connectivity index is 1.83. The second kappa shape index (κ2) is 9.31. The Morgan fingerprint density at radius 3 is 1.92 bits per heavy atom. The van der Waals surface area contributed by atoms with Gasteiger partial charge < -0.3 is 23.7 Å². The van der Waals surface area contributed by atoms with Crippen LogP contribution in [0.4, 0.5) is 0 Å². The van der Waals surface area contributed by atoms with E-state index < -0.39 is 11.8 Å². The zero-order chi connectivity index (χ0) is 18.9. The van der Waals surface area contributed by atoms with Crippen molar-refractivity contribution in [2.24, 2.45) is 0 Å². The molecule has 7 heteroatoms. The molecule has 0 saturated heterocycles. The molecule has 0 aliphatic carbocycles. The van der Waals surface area contributed by atoms with Gasteiger partial charge in [-0.15, -0.1) is 0 Å². The monoisotopic (exact) mass is 360 g/mol. The van der Waals surface area contributed by atoms with Gasteiger partial charge in [-0.05, 0) is 36.4 Å². The second-order valence-corrected chi connectivity index (χ2v) is 5.06. The van der Waals surface area contributed by atoms with E-state index in [0.717, 1.165) is 7.11 Å². The number of hydrogen-bond donors (Lipinski definition) is 0. The fourth-order valence-electron chi connectivity index (χ4n) is 2.14. The van der Waals surface area contributed by atoms with Crippen molar-refractivity contribution in [1.29, 1.82) is 0 Å². The van der Waals surface area contributed by atoms with E-state index in [2.05, 4.69) is 4.74 Å². The Kier molecular flexibility index (Phi) is 6.84. The van der Waals surface area contributed by atoms with Gasteiger partial charge in [0.15, 0.2) is 11.5 Å². The van der Waals surface area contributed by atoms with E-state index >= 15 is 0 Å². The number of carbonyl (C=O) groups is 2. The predicted octanol–water partition coefficient (Wildman–Crippen LogP) is 2.52. The molecule has 0 radical (unpaired) electrons. The molecule has 0 amide bonds. The van der Waals surface area contributed by atoms with Gasteiger partial charge in [-0.25, -0.2) is 4.79 Å². The van der Waals surface area contributed by atoms with Crippen LogP contribution in [0.15, 0.2) is 42.5 Å². The first-order valence-corrected chi connectivity index (χ1v) is 7.79. The average molecular weight is 360 g/mol. The molecule has 2 aromatic rings. The van der Waals surface area contributed by atoms with Crippen LogP contribution in [0, 0.1) is 0 Å². The standard InChI is InChI=1S/C19H20O7/c1-22-16-9-8-15(12-17(16)23-2)26-11-10-25-14-6-4-13(5-7-14)18(20)19(21)24-3/h4-9,12H,10-11H2,1-3H3. The molecule has 0 N–H and O–H groups in total. The molecular formula is C19H20O7. The van der Waals surface area contributed by atoms with Crippen LogP contribution in [0.5, 0.6) is 23.0 Å². The minimum Gasteiger partial charge on any atom is -0.493 e. The summed E-state index contributed by atoms with van der Waals surface area (Å²) < 4.78 is 25.9. The van der Waals surface area contributed by atoms with Gasteiger partial charge in [0, 0.05) is 11.6 Å². The lowest BCUT2D eigenvalue weighted by Crippen LogP contribution is -2.15. The Bertz CT molecular complexity index is 753. The van der Waals surface area contributed by atoms with Crippen molar-refractivity contribution < 1.29 is 33.3 Å². The Morgan fingerprint density at radius 2 is 1.35 bits per heavy atom. The molecule has 0 unspecified atom stereocenters. The van der Waals surface area contributed by atoms with Crippen LogP contribution in [-0.2, 0) is 9.53 Å². The summed E-state index contributed by atoms with van der Waals surface area (Å²) in [5.74, 6) is 0.792. The van der Waals surface area contributed by atoms with Crippen molar-refractivity contribution >= 4 is 11.8 Å². The third kappa shape index (κ3) is 4.89. The minimum absolute atomic E-state index is 0.241. The molecule has 0 heterocycles. The molecule has 0 aliphatic rings. The van der Waals surface area contributed by atoms with Crippen molar-refractivity contribution in [1.82, 2.24) is 0 Å². The Hall–Kier alpha value is -3.22. The van der Waals surface area contributed by atoms with E-state index in [9.17, 15) is 9.59 Å². The average Bonchev–Trinajstić information content (AvgIpc) is 2.70. The van der Waals surface area contributed by atoms with Crippen LogP contribution in [0.25, 0.3) is 0 Å². The normalized spacial score (nSPS) is 9.96. The van der Waals surface area contributed by atoms with E-state index in [1.54, 1.807) is 44.6 Å². The molecule has 0 aliphatic heterocycles. The molecule has 0 fully saturated rings. The van der Waals surface area contributed by atoms with Crippen LogP contribution in [-0.4, -0.2) is 46.3 Å². The number of esters is 1. The van der Waals surface area contributed by atoms with Crippen molar-refractivity contribution in [3.8, 4) is 23.0 Å². The summed E-state index contributed by atoms with van der Waals surface area (Å²) in [4.78, 5) is 22.8. The van der Waals surface area contributed by atoms with Crippen molar-refractivity contribution in [3.05, 3.63) is 48.0 Å². The topological polar surface area (TPSA) is 80.3 Å². The molecule has 2 aromatic carbocycles. The van der Waals surface area contributed by atoms with Crippen LogP contribution in [0.2, 0.25) is 0 Å². The fourth-order valence-corrected chi connectivity index (χ4v) is 2.14. The molecule has 0 spiro atoms. The Labute approximate surface area is 151 Å². The van der Waals surface area contributed by atoms with Crippen LogP contribution in [0.3, 0.4) is 0 Å². The van der Waals surface area contributed by atoms with Gasteiger partial charge in [0.05, 0.1) is 21.3 Å². The predicted molar refractivity (Wildman–Crippen MR) is 93.3 cm³/mol. The second-order valence-electron chi connectivity index (χ2n) is 5.06. The summed E-state index contributed by atoms with van der Waals surface area (Å²) in [6.45, 7) is 0.622. The molecule has 0 aromatic heterocycles. The smallest absolute Gasteiger partial charge is 0.379 e. The SMILES string of the molecule is COC(=O)C(=O)c1ccc(OCCOc2ccc(OC)c(OC)c2)cc1. The quantitative estimate of drug-likeness (QED) is 0.294. The fraction of sp³-hybridized carbons (Fsp3) is 0.263. The lowest BCUT2D eigenvalue weighted by Gasteiger charge is -2.11. The van der Waals surface area contributed by atoms with E-state index in [1.165, 1.54) is 12.1 Å². The molecule has 0 atom stereocenters. The largest absolute Gasteiger partial charge is 0.493 e. The highest BCUT2D eigenvalue weighted by atomic mass is 16.5. The lowest BCUT2D eigenvalue weighted by atomic mass is 10.1. The highest BCUT2D eigenvalue weighted by molar-refractivity contribution is 6.40. The third-order valence-electron chi connectivity index (χ3n) is 3.46. The summed E-state index contributed by atoms with van der Waals surface area (Å²) in [5.41, 5.74) is 0.241. The van der Waals surface area contributed by atoms with Crippen LogP contribution in [0.1, 0.15) is 10.4 Å². The van der Waals surface area contributed by atoms with E-state index in [-0.39, 0.29) is 5.56 Å². The maximum atomic E-state index is 11.6. The minimum atomic E-state index is -0.901. The number of ether oxygens (including phenoxy) is 5. The zero-order valence-corrected chi connectivity index (χ0v) is 14.8. The number of ketones is 1. The van der Waals surface area contributed by atoms with Gasteiger partial charge in [-0.2, -0.15) is 0 Å². The maximum Gasteiger partial charge on any atom is 0.379 e. The highest BCUT2D eigenvalue weighted by Crippen LogP contribution is 2.30. The van der Waals surface area contributed by atoms with Crippen molar-refractivity contribution in [3.63, 3.8) is 0 Å². The number of benzene rings is 2.